The minimum Gasteiger partial charge on any atom is -0.455 e. The molecule has 0 radical (unpaired) electrons. The summed E-state index contributed by atoms with van der Waals surface area (Å²) in [7, 11) is 0. The predicted octanol–water partition coefficient (Wildman–Crippen LogP) is -0.376. The van der Waals surface area contributed by atoms with E-state index in [4.69, 9.17) is 23.7 Å². The van der Waals surface area contributed by atoms with Gasteiger partial charge in [0.25, 0.3) is 5.91 Å². The molecule has 5 atom stereocenters. The van der Waals surface area contributed by atoms with Gasteiger partial charge in [0, 0.05) is 53.9 Å². The van der Waals surface area contributed by atoms with Crippen LogP contribution in [-0.4, -0.2) is 103 Å². The molecular formula is C21H32N2O10. The van der Waals surface area contributed by atoms with Crippen molar-refractivity contribution >= 4 is 29.8 Å². The first-order chi connectivity index (χ1) is 15.5. The summed E-state index contributed by atoms with van der Waals surface area (Å²) in [4.78, 5) is 64.2. The van der Waals surface area contributed by atoms with Crippen LogP contribution in [-0.2, 0) is 47.7 Å². The van der Waals surface area contributed by atoms with Crippen LogP contribution < -0.4 is 0 Å². The predicted molar refractivity (Wildman–Crippen MR) is 110 cm³/mol. The second-order valence-corrected chi connectivity index (χ2v) is 7.92. The average molecular weight is 472 g/mol. The molecule has 2 saturated heterocycles. The smallest absolute Gasteiger partial charge is 0.305 e. The Kier molecular flexibility index (Phi) is 9.59. The molecule has 186 valence electrons. The van der Waals surface area contributed by atoms with Gasteiger partial charge in [-0.3, -0.25) is 28.9 Å². The molecule has 2 aliphatic heterocycles. The average Bonchev–Trinajstić information content (AvgIpc) is 2.71. The van der Waals surface area contributed by atoms with Gasteiger partial charge >= 0.3 is 23.9 Å². The van der Waals surface area contributed by atoms with Crippen molar-refractivity contribution in [2.24, 2.45) is 0 Å². The first-order valence-corrected chi connectivity index (χ1v) is 10.9. The highest BCUT2D eigenvalue weighted by molar-refractivity contribution is 5.83. The van der Waals surface area contributed by atoms with E-state index in [0.717, 1.165) is 40.7 Å². The number of ether oxygens (including phenoxy) is 5. The quantitative estimate of drug-likeness (QED) is 0.354. The maximum Gasteiger partial charge on any atom is 0.305 e. The van der Waals surface area contributed by atoms with Gasteiger partial charge in [0.1, 0.15) is 0 Å². The van der Waals surface area contributed by atoms with Gasteiger partial charge in [-0.15, -0.1) is 0 Å². The van der Waals surface area contributed by atoms with Gasteiger partial charge in [0.05, 0.1) is 0 Å². The number of rotatable bonds is 7. The first kappa shape index (κ1) is 26.5. The fourth-order valence-electron chi connectivity index (χ4n) is 3.92. The third kappa shape index (κ3) is 7.39. The maximum absolute atomic E-state index is 13.4. The van der Waals surface area contributed by atoms with Crippen LogP contribution in [0.5, 0.6) is 0 Å². The summed E-state index contributed by atoms with van der Waals surface area (Å²) in [6.07, 6.45) is -6.34. The zero-order valence-corrected chi connectivity index (χ0v) is 19.6. The number of amides is 1. The van der Waals surface area contributed by atoms with Gasteiger partial charge in [-0.25, -0.2) is 0 Å². The molecule has 0 unspecified atom stereocenters. The van der Waals surface area contributed by atoms with Crippen LogP contribution in [0.25, 0.3) is 0 Å². The molecule has 0 bridgehead atoms. The molecule has 33 heavy (non-hydrogen) atoms. The van der Waals surface area contributed by atoms with Crippen LogP contribution in [0.3, 0.4) is 0 Å². The Hall–Kier alpha value is -2.73. The lowest BCUT2D eigenvalue weighted by atomic mass is 9.96. The Balaban J connectivity index is 2.38. The van der Waals surface area contributed by atoms with Crippen LogP contribution in [0.1, 0.15) is 41.0 Å². The van der Waals surface area contributed by atoms with Gasteiger partial charge < -0.3 is 28.6 Å². The van der Waals surface area contributed by atoms with E-state index >= 15 is 0 Å². The molecule has 0 aromatic rings. The molecular weight excluding hydrogens is 440 g/mol. The Morgan fingerprint density at radius 1 is 0.727 bits per heavy atom. The highest BCUT2D eigenvalue weighted by Gasteiger charge is 2.56. The monoisotopic (exact) mass is 472 g/mol. The van der Waals surface area contributed by atoms with E-state index in [1.54, 1.807) is 4.90 Å². The summed E-state index contributed by atoms with van der Waals surface area (Å²) in [6.45, 7) is 9.55. The summed E-state index contributed by atoms with van der Waals surface area (Å²) in [5.74, 6) is -3.62. The molecule has 0 aromatic carbocycles. The van der Waals surface area contributed by atoms with Crippen molar-refractivity contribution in [3.8, 4) is 0 Å². The van der Waals surface area contributed by atoms with Crippen LogP contribution in [0.15, 0.2) is 0 Å². The number of piperazine rings is 1. The van der Waals surface area contributed by atoms with E-state index in [-0.39, 0.29) is 0 Å². The highest BCUT2D eigenvalue weighted by atomic mass is 16.7. The lowest BCUT2D eigenvalue weighted by Crippen LogP contribution is -2.66. The molecule has 2 aliphatic rings. The van der Waals surface area contributed by atoms with Gasteiger partial charge in [-0.2, -0.15) is 0 Å². The number of hydrogen-bond donors (Lipinski definition) is 0. The normalized spacial score (nSPS) is 27.9. The van der Waals surface area contributed by atoms with Gasteiger partial charge in [-0.05, 0) is 13.0 Å². The van der Waals surface area contributed by atoms with E-state index in [2.05, 4.69) is 11.8 Å². The largest absolute Gasteiger partial charge is 0.455 e. The Morgan fingerprint density at radius 3 is 1.70 bits per heavy atom. The van der Waals surface area contributed by atoms with Gasteiger partial charge in [0.2, 0.25) is 12.4 Å². The van der Waals surface area contributed by atoms with E-state index < -0.39 is 60.5 Å². The Bertz CT molecular complexity index is 749. The molecule has 0 N–H and O–H groups in total. The lowest BCUT2D eigenvalue weighted by molar-refractivity contribution is -0.292. The topological polar surface area (TPSA) is 138 Å². The van der Waals surface area contributed by atoms with Crippen molar-refractivity contribution in [2.45, 2.75) is 71.7 Å². The van der Waals surface area contributed by atoms with Crippen molar-refractivity contribution in [3.63, 3.8) is 0 Å². The zero-order chi connectivity index (χ0) is 24.7. The number of esters is 4. The summed E-state index contributed by atoms with van der Waals surface area (Å²) in [5, 5.41) is 0. The van der Waals surface area contributed by atoms with Crippen molar-refractivity contribution in [2.75, 3.05) is 32.7 Å². The summed E-state index contributed by atoms with van der Waals surface area (Å²) >= 11 is 0. The second kappa shape index (κ2) is 11.9. The third-order valence-corrected chi connectivity index (χ3v) is 5.15. The maximum atomic E-state index is 13.4. The van der Waals surface area contributed by atoms with E-state index in [9.17, 15) is 24.0 Å². The number of carbonyl (C=O) groups excluding carboxylic acids is 5. The summed E-state index contributed by atoms with van der Waals surface area (Å²) in [5.41, 5.74) is 0. The van der Waals surface area contributed by atoms with Gasteiger partial charge in [-0.1, -0.05) is 6.92 Å². The van der Waals surface area contributed by atoms with Crippen molar-refractivity contribution < 1.29 is 47.7 Å². The molecule has 12 heteroatoms. The van der Waals surface area contributed by atoms with Crippen LogP contribution in [0.2, 0.25) is 0 Å². The second-order valence-electron chi connectivity index (χ2n) is 7.92. The molecule has 0 spiro atoms. The SMILES string of the molecule is CCCN1CCN(C(=O)[C@H]2O[C@@H](OC(C)=O)[C@H](OC(C)=O)[C@@H](OC(C)=O)[C@@H]2OC(C)=O)CC1. The minimum absolute atomic E-state index is 0.412. The molecule has 2 rings (SSSR count). The highest BCUT2D eigenvalue weighted by Crippen LogP contribution is 2.31. The van der Waals surface area contributed by atoms with Crippen LogP contribution in [0.4, 0.5) is 0 Å². The fraction of sp³-hybridized carbons (Fsp3) is 0.762. The van der Waals surface area contributed by atoms with Gasteiger partial charge in [0.15, 0.2) is 18.3 Å². The van der Waals surface area contributed by atoms with E-state index in [1.807, 2.05) is 0 Å². The Morgan fingerprint density at radius 2 is 1.21 bits per heavy atom. The van der Waals surface area contributed by atoms with Crippen molar-refractivity contribution in [3.05, 3.63) is 0 Å². The molecule has 0 saturated carbocycles. The molecule has 2 fully saturated rings. The number of carbonyl (C=O) groups is 5. The van der Waals surface area contributed by atoms with Crippen LogP contribution in [0, 0.1) is 0 Å². The van der Waals surface area contributed by atoms with E-state index in [1.165, 1.54) is 0 Å². The molecule has 0 aromatic heterocycles. The lowest BCUT2D eigenvalue weighted by Gasteiger charge is -2.45. The van der Waals surface area contributed by atoms with Crippen molar-refractivity contribution in [1.29, 1.82) is 0 Å². The standard InChI is InChI=1S/C21H32N2O10/c1-6-7-22-8-10-23(11-9-22)20(28)18-16(29-12(2)24)17(30-13(3)25)19(31-14(4)26)21(33-18)32-15(5)27/h16-19,21H,6-11H2,1-5H3/t16-,17-,18-,19+,21+/m0/s1. The number of nitrogens with zero attached hydrogens (tertiary/aromatic N) is 2. The minimum atomic E-state index is -1.56. The Labute approximate surface area is 192 Å². The fourth-order valence-corrected chi connectivity index (χ4v) is 3.92. The molecule has 12 nitrogen and oxygen atoms in total. The van der Waals surface area contributed by atoms with Crippen molar-refractivity contribution in [1.82, 2.24) is 9.80 Å². The number of hydrogen-bond acceptors (Lipinski definition) is 11. The summed E-state index contributed by atoms with van der Waals surface area (Å²) < 4.78 is 26.7. The zero-order valence-electron chi connectivity index (χ0n) is 19.6. The molecule has 2 heterocycles. The molecule has 1 amide bonds. The van der Waals surface area contributed by atoms with Crippen LogP contribution >= 0.6 is 0 Å². The molecule has 0 aliphatic carbocycles. The van der Waals surface area contributed by atoms with E-state index in [0.29, 0.717) is 26.2 Å². The summed E-state index contributed by atoms with van der Waals surface area (Å²) in [6, 6.07) is 0. The first-order valence-electron chi connectivity index (χ1n) is 10.9. The third-order valence-electron chi connectivity index (χ3n) is 5.15.